The van der Waals surface area contributed by atoms with Crippen LogP contribution in [0.4, 0.5) is 5.69 Å². The van der Waals surface area contributed by atoms with Crippen LogP contribution in [0.25, 0.3) is 0 Å². The predicted molar refractivity (Wildman–Crippen MR) is 99.5 cm³/mol. The van der Waals surface area contributed by atoms with Crippen LogP contribution in [-0.2, 0) is 10.2 Å². The molecule has 0 unspecified atom stereocenters. The molecule has 0 spiro atoms. The lowest BCUT2D eigenvalue weighted by atomic mass is 9.87. The van der Waals surface area contributed by atoms with Gasteiger partial charge in [-0.15, -0.1) is 0 Å². The van der Waals surface area contributed by atoms with Gasteiger partial charge in [0.2, 0.25) is 0 Å². The van der Waals surface area contributed by atoms with Crippen molar-refractivity contribution in [2.45, 2.75) is 26.2 Å². The number of amides is 1. The van der Waals surface area contributed by atoms with E-state index in [2.05, 4.69) is 31.3 Å². The van der Waals surface area contributed by atoms with E-state index in [1.54, 1.807) is 12.1 Å². The van der Waals surface area contributed by atoms with Gasteiger partial charge in [0, 0.05) is 12.1 Å². The molecule has 0 radical (unpaired) electrons. The molecular weight excluding hydrogens is 334 g/mol. The Morgan fingerprint density at radius 3 is 2.31 bits per heavy atom. The highest BCUT2D eigenvalue weighted by Crippen LogP contribution is 2.24. The van der Waals surface area contributed by atoms with Crippen molar-refractivity contribution in [1.29, 1.82) is 0 Å². The molecule has 0 aliphatic heterocycles. The fourth-order valence-electron chi connectivity index (χ4n) is 2.09. The third kappa shape index (κ3) is 5.70. The number of nitro benzene ring substituents is 1. The van der Waals surface area contributed by atoms with E-state index in [-0.39, 0.29) is 17.7 Å². The van der Waals surface area contributed by atoms with Gasteiger partial charge in [0.15, 0.2) is 6.61 Å². The second-order valence-electron chi connectivity index (χ2n) is 6.70. The number of carbonyl (C=O) groups excluding carboxylic acids is 1. The summed E-state index contributed by atoms with van der Waals surface area (Å²) >= 11 is 0. The number of hydrogen-bond donors (Lipinski definition) is 1. The molecule has 0 aliphatic carbocycles. The van der Waals surface area contributed by atoms with Crippen molar-refractivity contribution in [3.8, 4) is 5.75 Å². The summed E-state index contributed by atoms with van der Waals surface area (Å²) in [4.78, 5) is 21.8. The first-order valence-electron chi connectivity index (χ1n) is 8.05. The first-order chi connectivity index (χ1) is 12.3. The standard InChI is InChI=1S/C19H21N3O4/c1-19(2,3)15-6-10-17(11-7-15)26-13-18(23)21-20-12-14-4-8-16(9-5-14)22(24)25/h4-12H,13H2,1-3H3,(H,21,23)/b20-12-. The van der Waals surface area contributed by atoms with Gasteiger partial charge in [0.1, 0.15) is 5.75 Å². The molecule has 26 heavy (non-hydrogen) atoms. The lowest BCUT2D eigenvalue weighted by Crippen LogP contribution is -2.24. The highest BCUT2D eigenvalue weighted by molar-refractivity contribution is 5.83. The number of non-ortho nitro benzene ring substituents is 1. The number of rotatable bonds is 6. The maximum absolute atomic E-state index is 11.7. The molecule has 0 heterocycles. The van der Waals surface area contributed by atoms with Crippen LogP contribution in [-0.4, -0.2) is 23.7 Å². The minimum absolute atomic E-state index is 0.00272. The van der Waals surface area contributed by atoms with Crippen LogP contribution in [0, 0.1) is 10.1 Å². The van der Waals surface area contributed by atoms with Gasteiger partial charge in [0.05, 0.1) is 11.1 Å². The highest BCUT2D eigenvalue weighted by Gasteiger charge is 2.13. The Kier molecular flexibility index (Phi) is 6.06. The third-order valence-corrected chi connectivity index (χ3v) is 3.60. The van der Waals surface area contributed by atoms with E-state index in [9.17, 15) is 14.9 Å². The summed E-state index contributed by atoms with van der Waals surface area (Å²) in [6.45, 7) is 6.21. The number of ether oxygens (including phenoxy) is 1. The molecule has 7 heteroatoms. The number of hydrogen-bond acceptors (Lipinski definition) is 5. The smallest absolute Gasteiger partial charge is 0.277 e. The molecule has 2 aromatic carbocycles. The molecule has 0 saturated heterocycles. The normalized spacial score (nSPS) is 11.3. The molecule has 2 rings (SSSR count). The second-order valence-corrected chi connectivity index (χ2v) is 6.70. The summed E-state index contributed by atoms with van der Waals surface area (Å²) in [6.07, 6.45) is 1.40. The van der Waals surface area contributed by atoms with Crippen molar-refractivity contribution in [2.75, 3.05) is 6.61 Å². The molecule has 1 amide bonds. The van der Waals surface area contributed by atoms with Crippen LogP contribution in [0.1, 0.15) is 31.9 Å². The van der Waals surface area contributed by atoms with Gasteiger partial charge in [0.25, 0.3) is 11.6 Å². The summed E-state index contributed by atoms with van der Waals surface area (Å²) in [5, 5.41) is 14.4. The van der Waals surface area contributed by atoms with Crippen molar-refractivity contribution < 1.29 is 14.5 Å². The average molecular weight is 355 g/mol. The van der Waals surface area contributed by atoms with E-state index in [0.717, 1.165) is 0 Å². The lowest BCUT2D eigenvalue weighted by molar-refractivity contribution is -0.384. The number of nitrogens with one attached hydrogen (secondary N) is 1. The molecule has 0 aromatic heterocycles. The number of hydrazone groups is 1. The van der Waals surface area contributed by atoms with E-state index in [1.807, 2.05) is 24.3 Å². The quantitative estimate of drug-likeness (QED) is 0.488. The van der Waals surface area contributed by atoms with Gasteiger partial charge in [-0.05, 0) is 40.8 Å². The summed E-state index contributed by atoms with van der Waals surface area (Å²) in [5.74, 6) is 0.204. The van der Waals surface area contributed by atoms with Gasteiger partial charge >= 0.3 is 0 Å². The van der Waals surface area contributed by atoms with Crippen LogP contribution in [0.3, 0.4) is 0 Å². The van der Waals surface area contributed by atoms with Gasteiger partial charge in [-0.3, -0.25) is 14.9 Å². The number of benzene rings is 2. The van der Waals surface area contributed by atoms with E-state index in [0.29, 0.717) is 11.3 Å². The lowest BCUT2D eigenvalue weighted by Gasteiger charge is -2.19. The van der Waals surface area contributed by atoms with E-state index < -0.39 is 10.8 Å². The van der Waals surface area contributed by atoms with Crippen molar-refractivity contribution >= 4 is 17.8 Å². The largest absolute Gasteiger partial charge is 0.484 e. The van der Waals surface area contributed by atoms with Crippen molar-refractivity contribution in [2.24, 2.45) is 5.10 Å². The predicted octanol–water partition coefficient (Wildman–Crippen LogP) is 3.42. The fraction of sp³-hybridized carbons (Fsp3) is 0.263. The topological polar surface area (TPSA) is 93.8 Å². The summed E-state index contributed by atoms with van der Waals surface area (Å²) in [5.41, 5.74) is 4.22. The molecule has 0 saturated carbocycles. The zero-order valence-electron chi connectivity index (χ0n) is 14.9. The SMILES string of the molecule is CC(C)(C)c1ccc(OCC(=O)N/N=C\c2ccc([N+](=O)[O-])cc2)cc1. The Hall–Kier alpha value is -3.22. The Morgan fingerprint density at radius 1 is 1.15 bits per heavy atom. The van der Waals surface area contributed by atoms with E-state index in [4.69, 9.17) is 4.74 Å². The molecule has 0 aliphatic rings. The number of carbonyl (C=O) groups is 1. The first kappa shape index (κ1) is 19.1. The molecule has 0 atom stereocenters. The summed E-state index contributed by atoms with van der Waals surface area (Å²) in [7, 11) is 0. The first-order valence-corrected chi connectivity index (χ1v) is 8.05. The van der Waals surface area contributed by atoms with Crippen LogP contribution in [0.5, 0.6) is 5.75 Å². The van der Waals surface area contributed by atoms with Gasteiger partial charge < -0.3 is 4.74 Å². The van der Waals surface area contributed by atoms with Crippen molar-refractivity contribution in [3.05, 3.63) is 69.8 Å². The summed E-state index contributed by atoms with van der Waals surface area (Å²) < 4.78 is 5.42. The molecular formula is C19H21N3O4. The molecule has 136 valence electrons. The van der Waals surface area contributed by atoms with Crippen LogP contribution in [0.2, 0.25) is 0 Å². The van der Waals surface area contributed by atoms with Gasteiger partial charge in [-0.1, -0.05) is 32.9 Å². The molecule has 1 N–H and O–H groups in total. The molecule has 0 fully saturated rings. The minimum atomic E-state index is -0.478. The fourth-order valence-corrected chi connectivity index (χ4v) is 2.09. The Labute approximate surface area is 151 Å². The maximum Gasteiger partial charge on any atom is 0.277 e. The Balaban J connectivity index is 1.80. The van der Waals surface area contributed by atoms with Gasteiger partial charge in [-0.2, -0.15) is 5.10 Å². The zero-order valence-corrected chi connectivity index (χ0v) is 14.9. The summed E-state index contributed by atoms with van der Waals surface area (Å²) in [6, 6.07) is 13.4. The van der Waals surface area contributed by atoms with Gasteiger partial charge in [-0.25, -0.2) is 5.43 Å². The van der Waals surface area contributed by atoms with Crippen LogP contribution < -0.4 is 10.2 Å². The maximum atomic E-state index is 11.7. The third-order valence-electron chi connectivity index (χ3n) is 3.60. The Bertz CT molecular complexity index is 791. The van der Waals surface area contributed by atoms with Crippen molar-refractivity contribution in [3.63, 3.8) is 0 Å². The molecule has 2 aromatic rings. The minimum Gasteiger partial charge on any atom is -0.484 e. The monoisotopic (exact) mass is 355 g/mol. The number of nitrogens with zero attached hydrogens (tertiary/aromatic N) is 2. The number of nitro groups is 1. The van der Waals surface area contributed by atoms with E-state index in [1.165, 1.54) is 23.9 Å². The molecule has 0 bridgehead atoms. The van der Waals surface area contributed by atoms with Crippen molar-refractivity contribution in [1.82, 2.24) is 5.43 Å². The van der Waals surface area contributed by atoms with Crippen LogP contribution >= 0.6 is 0 Å². The zero-order chi connectivity index (χ0) is 19.2. The van der Waals surface area contributed by atoms with Crippen LogP contribution in [0.15, 0.2) is 53.6 Å². The molecule has 7 nitrogen and oxygen atoms in total. The van der Waals surface area contributed by atoms with E-state index >= 15 is 0 Å². The average Bonchev–Trinajstić information content (AvgIpc) is 2.60. The highest BCUT2D eigenvalue weighted by atomic mass is 16.6. The Morgan fingerprint density at radius 2 is 1.77 bits per heavy atom. The second kappa shape index (κ2) is 8.24.